The Balaban J connectivity index is 2.15. The second kappa shape index (κ2) is 6.89. The topological polar surface area (TPSA) is 85.1 Å². The molecule has 2 atom stereocenters. The van der Waals surface area contributed by atoms with Crippen molar-refractivity contribution in [1.82, 2.24) is 10.3 Å². The third kappa shape index (κ3) is 3.18. The number of carbonyl (C=O) groups excluding carboxylic acids is 2. The van der Waals surface area contributed by atoms with Crippen LogP contribution in [-0.2, 0) is 4.79 Å². The predicted molar refractivity (Wildman–Crippen MR) is 99.2 cm³/mol. The van der Waals surface area contributed by atoms with Crippen LogP contribution in [0.25, 0.3) is 21.8 Å². The summed E-state index contributed by atoms with van der Waals surface area (Å²) in [6.45, 7) is 3.86. The first kappa shape index (κ1) is 16.9. The van der Waals surface area contributed by atoms with Gasteiger partial charge in [-0.3, -0.25) is 9.59 Å². The van der Waals surface area contributed by atoms with Crippen LogP contribution in [0.1, 0.15) is 30.6 Å². The summed E-state index contributed by atoms with van der Waals surface area (Å²) in [6.07, 6.45) is 0.742. The molecule has 25 heavy (non-hydrogen) atoms. The zero-order chi connectivity index (χ0) is 18.0. The Kier molecular flexibility index (Phi) is 4.65. The predicted octanol–water partition coefficient (Wildman–Crippen LogP) is 3.02. The average Bonchev–Trinajstić information content (AvgIpc) is 2.62. The van der Waals surface area contributed by atoms with E-state index in [2.05, 4.69) is 10.3 Å². The number of hydrogen-bond donors (Lipinski definition) is 2. The minimum absolute atomic E-state index is 0.0409. The highest BCUT2D eigenvalue weighted by Gasteiger charge is 2.26. The molecule has 2 aromatic carbocycles. The van der Waals surface area contributed by atoms with Gasteiger partial charge in [0.15, 0.2) is 0 Å². The van der Waals surface area contributed by atoms with E-state index in [0.717, 1.165) is 28.2 Å². The normalized spacial score (nSPS) is 13.5. The highest BCUT2D eigenvalue weighted by Crippen LogP contribution is 2.26. The summed E-state index contributed by atoms with van der Waals surface area (Å²) in [5.74, 6) is -0.870. The van der Waals surface area contributed by atoms with Crippen LogP contribution >= 0.6 is 0 Å². The zero-order valence-corrected chi connectivity index (χ0v) is 14.3. The van der Waals surface area contributed by atoms with Gasteiger partial charge in [0.05, 0.1) is 16.6 Å². The number of pyridine rings is 1. The number of rotatable bonds is 5. The highest BCUT2D eigenvalue weighted by atomic mass is 16.2. The van der Waals surface area contributed by atoms with Crippen molar-refractivity contribution >= 4 is 33.6 Å². The number of aromatic nitrogens is 1. The Hall–Kier alpha value is -2.95. The van der Waals surface area contributed by atoms with E-state index in [0.29, 0.717) is 5.56 Å². The molecule has 128 valence electrons. The number of carbonyl (C=O) groups is 2. The van der Waals surface area contributed by atoms with Gasteiger partial charge in [0.25, 0.3) is 5.91 Å². The van der Waals surface area contributed by atoms with E-state index in [1.807, 2.05) is 62.4 Å². The van der Waals surface area contributed by atoms with Gasteiger partial charge >= 0.3 is 0 Å². The van der Waals surface area contributed by atoms with Gasteiger partial charge in [0.2, 0.25) is 5.91 Å². The number of hydrogen-bond acceptors (Lipinski definition) is 3. The van der Waals surface area contributed by atoms with Crippen LogP contribution < -0.4 is 11.1 Å². The Morgan fingerprint density at radius 2 is 1.56 bits per heavy atom. The van der Waals surface area contributed by atoms with E-state index in [1.165, 1.54) is 0 Å². The molecule has 3 aromatic rings. The maximum atomic E-state index is 13.1. The highest BCUT2D eigenvalue weighted by molar-refractivity contribution is 6.16. The first-order valence-corrected chi connectivity index (χ1v) is 8.40. The number of primary amides is 1. The van der Waals surface area contributed by atoms with E-state index in [-0.39, 0.29) is 11.8 Å². The lowest BCUT2D eigenvalue weighted by Crippen LogP contribution is -2.48. The van der Waals surface area contributed by atoms with Gasteiger partial charge in [0.1, 0.15) is 6.04 Å². The quantitative estimate of drug-likeness (QED) is 0.703. The molecule has 5 heteroatoms. The molecule has 0 saturated carbocycles. The number of benzene rings is 2. The van der Waals surface area contributed by atoms with Gasteiger partial charge in [-0.2, -0.15) is 0 Å². The molecule has 0 aliphatic rings. The molecule has 0 spiro atoms. The molecular weight excluding hydrogens is 314 g/mol. The van der Waals surface area contributed by atoms with Crippen molar-refractivity contribution in [2.24, 2.45) is 11.7 Å². The maximum Gasteiger partial charge on any atom is 0.253 e. The molecule has 5 nitrogen and oxygen atoms in total. The van der Waals surface area contributed by atoms with Crippen molar-refractivity contribution in [3.63, 3.8) is 0 Å². The smallest absolute Gasteiger partial charge is 0.253 e. The second-order valence-electron chi connectivity index (χ2n) is 6.26. The lowest BCUT2D eigenvalue weighted by atomic mass is 9.97. The summed E-state index contributed by atoms with van der Waals surface area (Å²) in [5.41, 5.74) is 7.51. The SMILES string of the molecule is CC[C@H](C)[C@@H](NC(=O)c1c2ccccc2nc2ccccc12)C(N)=O. The van der Waals surface area contributed by atoms with Crippen molar-refractivity contribution in [2.75, 3.05) is 0 Å². The number of para-hydroxylation sites is 2. The molecule has 0 unspecified atom stereocenters. The van der Waals surface area contributed by atoms with E-state index in [9.17, 15) is 9.59 Å². The third-order valence-corrected chi connectivity index (χ3v) is 4.62. The van der Waals surface area contributed by atoms with Crippen molar-refractivity contribution in [1.29, 1.82) is 0 Å². The molecular formula is C20H21N3O2. The van der Waals surface area contributed by atoms with Crippen molar-refractivity contribution in [2.45, 2.75) is 26.3 Å². The summed E-state index contributed by atoms with van der Waals surface area (Å²) < 4.78 is 0. The molecule has 0 aliphatic heterocycles. The maximum absolute atomic E-state index is 13.1. The molecule has 0 fully saturated rings. The summed E-state index contributed by atoms with van der Waals surface area (Å²) >= 11 is 0. The van der Waals surface area contributed by atoms with Crippen LogP contribution in [0.15, 0.2) is 48.5 Å². The van der Waals surface area contributed by atoms with Crippen LogP contribution in [0.3, 0.4) is 0 Å². The molecule has 0 bridgehead atoms. The lowest BCUT2D eigenvalue weighted by molar-refractivity contribution is -0.120. The minimum atomic E-state index is -0.705. The van der Waals surface area contributed by atoms with Gasteiger partial charge in [0, 0.05) is 10.8 Å². The lowest BCUT2D eigenvalue weighted by Gasteiger charge is -2.22. The van der Waals surface area contributed by atoms with Crippen LogP contribution in [0, 0.1) is 5.92 Å². The van der Waals surface area contributed by atoms with Crippen LogP contribution in [-0.4, -0.2) is 22.8 Å². The molecule has 0 radical (unpaired) electrons. The Morgan fingerprint density at radius 1 is 1.04 bits per heavy atom. The Labute approximate surface area is 146 Å². The molecule has 3 rings (SSSR count). The Morgan fingerprint density at radius 3 is 2.04 bits per heavy atom. The second-order valence-corrected chi connectivity index (χ2v) is 6.26. The van der Waals surface area contributed by atoms with Gasteiger partial charge < -0.3 is 11.1 Å². The number of fused-ring (bicyclic) bond motifs is 2. The first-order chi connectivity index (χ1) is 12.0. The first-order valence-electron chi connectivity index (χ1n) is 8.40. The summed E-state index contributed by atoms with van der Waals surface area (Å²) in [4.78, 5) is 29.5. The third-order valence-electron chi connectivity index (χ3n) is 4.62. The van der Waals surface area contributed by atoms with E-state index in [1.54, 1.807) is 0 Å². The largest absolute Gasteiger partial charge is 0.368 e. The molecule has 0 saturated heterocycles. The van der Waals surface area contributed by atoms with E-state index in [4.69, 9.17) is 5.73 Å². The fraction of sp³-hybridized carbons (Fsp3) is 0.250. The van der Waals surface area contributed by atoms with E-state index < -0.39 is 11.9 Å². The van der Waals surface area contributed by atoms with Crippen molar-refractivity contribution < 1.29 is 9.59 Å². The van der Waals surface area contributed by atoms with Gasteiger partial charge in [-0.1, -0.05) is 56.7 Å². The van der Waals surface area contributed by atoms with Gasteiger partial charge in [-0.15, -0.1) is 0 Å². The number of nitrogens with zero attached hydrogens (tertiary/aromatic N) is 1. The molecule has 2 amide bonds. The minimum Gasteiger partial charge on any atom is -0.368 e. The van der Waals surface area contributed by atoms with Crippen molar-refractivity contribution in [3.8, 4) is 0 Å². The van der Waals surface area contributed by atoms with E-state index >= 15 is 0 Å². The van der Waals surface area contributed by atoms with Crippen LogP contribution in [0.5, 0.6) is 0 Å². The fourth-order valence-electron chi connectivity index (χ4n) is 3.03. The fourth-order valence-corrected chi connectivity index (χ4v) is 3.03. The number of nitrogens with two attached hydrogens (primary N) is 1. The van der Waals surface area contributed by atoms with Gasteiger partial charge in [-0.25, -0.2) is 4.98 Å². The summed E-state index contributed by atoms with van der Waals surface area (Å²) in [6, 6.07) is 14.3. The summed E-state index contributed by atoms with van der Waals surface area (Å²) in [7, 11) is 0. The number of amides is 2. The van der Waals surface area contributed by atoms with Crippen LogP contribution in [0.4, 0.5) is 0 Å². The van der Waals surface area contributed by atoms with Crippen molar-refractivity contribution in [3.05, 3.63) is 54.1 Å². The standard InChI is InChI=1S/C20H21N3O2/c1-3-12(2)18(19(21)24)23-20(25)17-13-8-4-6-10-15(13)22-16-11-7-5-9-14(16)17/h4-12,18H,3H2,1-2H3,(H2,21,24)(H,23,25)/t12-,18+/m0/s1. The van der Waals surface area contributed by atoms with Gasteiger partial charge in [-0.05, 0) is 18.1 Å². The molecule has 1 aromatic heterocycles. The Bertz CT molecular complexity index is 898. The van der Waals surface area contributed by atoms with Crippen LogP contribution in [0.2, 0.25) is 0 Å². The molecule has 3 N–H and O–H groups in total. The monoisotopic (exact) mass is 335 g/mol. The number of nitrogens with one attached hydrogen (secondary N) is 1. The molecule has 0 aliphatic carbocycles. The summed E-state index contributed by atoms with van der Waals surface area (Å²) in [5, 5.41) is 4.34. The zero-order valence-electron chi connectivity index (χ0n) is 14.3. The average molecular weight is 335 g/mol. The molecule has 1 heterocycles.